The van der Waals surface area contributed by atoms with Crippen molar-refractivity contribution in [2.45, 2.75) is 31.8 Å². The van der Waals surface area contributed by atoms with Gasteiger partial charge in [0.2, 0.25) is 0 Å². The molecule has 1 saturated carbocycles. The summed E-state index contributed by atoms with van der Waals surface area (Å²) in [6.45, 7) is 1.52. The predicted molar refractivity (Wildman–Crippen MR) is 77.0 cm³/mol. The molecule has 0 atom stereocenters. The topological polar surface area (TPSA) is 75.3 Å². The van der Waals surface area contributed by atoms with E-state index in [-0.39, 0.29) is 6.61 Å². The molecule has 1 fully saturated rings. The van der Waals surface area contributed by atoms with E-state index in [1.165, 1.54) is 19.3 Å². The summed E-state index contributed by atoms with van der Waals surface area (Å²) in [5.41, 5.74) is 5.96. The van der Waals surface area contributed by atoms with Crippen LogP contribution in [-0.4, -0.2) is 39.2 Å². The van der Waals surface area contributed by atoms with Gasteiger partial charge in [0.25, 0.3) is 0 Å². The number of hydrogen-bond acceptors (Lipinski definition) is 6. The molecule has 0 saturated heterocycles. The smallest absolute Gasteiger partial charge is 0.146 e. The molecule has 3 rings (SSSR count). The number of anilines is 1. The molecule has 1 aliphatic rings. The molecule has 0 spiro atoms. The van der Waals surface area contributed by atoms with Crippen molar-refractivity contribution >= 4 is 27.4 Å². The van der Waals surface area contributed by atoms with Gasteiger partial charge in [0.05, 0.1) is 18.5 Å². The Morgan fingerprint density at radius 3 is 2.95 bits per heavy atom. The molecular formula is C13H18N4OS. The van der Waals surface area contributed by atoms with Gasteiger partial charge in [-0.3, -0.25) is 4.90 Å². The number of aliphatic hydroxyl groups excluding tert-OH is 1. The highest BCUT2D eigenvalue weighted by atomic mass is 32.1. The lowest BCUT2D eigenvalue weighted by atomic mass is 9.91. The second-order valence-electron chi connectivity index (χ2n) is 4.94. The highest BCUT2D eigenvalue weighted by Crippen LogP contribution is 2.27. The van der Waals surface area contributed by atoms with E-state index in [2.05, 4.69) is 14.9 Å². The summed E-state index contributed by atoms with van der Waals surface area (Å²) < 4.78 is 0. The summed E-state index contributed by atoms with van der Waals surface area (Å²) in [5.74, 6) is 1.31. The number of aliphatic hydroxyl groups is 1. The molecule has 102 valence electrons. The summed E-state index contributed by atoms with van der Waals surface area (Å²) in [7, 11) is 0. The van der Waals surface area contributed by atoms with E-state index >= 15 is 0 Å². The van der Waals surface area contributed by atoms with Crippen LogP contribution in [0, 0.1) is 0 Å². The van der Waals surface area contributed by atoms with Crippen molar-refractivity contribution in [1.82, 2.24) is 14.9 Å². The number of nitrogens with two attached hydrogens (primary N) is 1. The lowest BCUT2D eigenvalue weighted by molar-refractivity contribution is 0.0922. The first-order valence-corrected chi connectivity index (χ1v) is 7.50. The highest BCUT2D eigenvalue weighted by molar-refractivity contribution is 7.16. The van der Waals surface area contributed by atoms with Crippen molar-refractivity contribution in [3.63, 3.8) is 0 Å². The first-order valence-electron chi connectivity index (χ1n) is 6.62. The third-order valence-electron chi connectivity index (χ3n) is 3.72. The Morgan fingerprint density at radius 1 is 1.42 bits per heavy atom. The van der Waals surface area contributed by atoms with Crippen LogP contribution in [-0.2, 0) is 6.54 Å². The van der Waals surface area contributed by atoms with Crippen molar-refractivity contribution in [3.8, 4) is 0 Å². The van der Waals surface area contributed by atoms with Crippen LogP contribution in [0.2, 0.25) is 0 Å². The minimum atomic E-state index is 0.174. The van der Waals surface area contributed by atoms with Gasteiger partial charge in [0, 0.05) is 12.6 Å². The minimum Gasteiger partial charge on any atom is -0.395 e. The maximum atomic E-state index is 9.17. The number of thiophene rings is 1. The zero-order valence-electron chi connectivity index (χ0n) is 10.7. The molecule has 2 heterocycles. The van der Waals surface area contributed by atoms with E-state index in [9.17, 15) is 5.11 Å². The van der Waals surface area contributed by atoms with E-state index < -0.39 is 0 Å². The highest BCUT2D eigenvalue weighted by Gasteiger charge is 2.25. The van der Waals surface area contributed by atoms with Gasteiger partial charge in [-0.2, -0.15) is 0 Å². The molecule has 0 bridgehead atoms. The Hall–Kier alpha value is -1.24. The standard InChI is InChI=1S/C13H18N4OS/c14-12-10-4-7-19-13(10)16-11(15-12)8-17(5-6-18)9-2-1-3-9/h4,7,9,18H,1-3,5-6,8H2,(H2,14,15,16). The van der Waals surface area contributed by atoms with Crippen molar-refractivity contribution in [2.75, 3.05) is 18.9 Å². The number of nitrogens with zero attached hydrogens (tertiary/aromatic N) is 3. The number of fused-ring (bicyclic) bond motifs is 1. The Balaban J connectivity index is 1.82. The second-order valence-corrected chi connectivity index (χ2v) is 5.84. The normalized spacial score (nSPS) is 16.1. The maximum Gasteiger partial charge on any atom is 0.146 e. The van der Waals surface area contributed by atoms with Crippen LogP contribution in [0.3, 0.4) is 0 Å². The van der Waals surface area contributed by atoms with Crippen molar-refractivity contribution in [3.05, 3.63) is 17.3 Å². The fraction of sp³-hybridized carbons (Fsp3) is 0.538. The second kappa shape index (κ2) is 5.40. The lowest BCUT2D eigenvalue weighted by Crippen LogP contribution is -2.41. The molecule has 2 aromatic rings. The summed E-state index contributed by atoms with van der Waals surface area (Å²) in [5, 5.41) is 12.1. The number of rotatable bonds is 5. The molecule has 0 radical (unpaired) electrons. The fourth-order valence-electron chi connectivity index (χ4n) is 2.45. The average Bonchev–Trinajstić information content (AvgIpc) is 2.75. The van der Waals surface area contributed by atoms with Crippen LogP contribution in [0.4, 0.5) is 5.82 Å². The summed E-state index contributed by atoms with van der Waals surface area (Å²) in [6.07, 6.45) is 3.69. The first-order chi connectivity index (χ1) is 9.28. The van der Waals surface area contributed by atoms with Gasteiger partial charge in [-0.05, 0) is 24.3 Å². The minimum absolute atomic E-state index is 0.174. The maximum absolute atomic E-state index is 9.17. The fourth-order valence-corrected chi connectivity index (χ4v) is 3.24. The summed E-state index contributed by atoms with van der Waals surface area (Å²) in [4.78, 5) is 12.2. The van der Waals surface area contributed by atoms with E-state index in [0.717, 1.165) is 16.0 Å². The summed E-state index contributed by atoms with van der Waals surface area (Å²) >= 11 is 1.59. The predicted octanol–water partition coefficient (Wildman–Crippen LogP) is 1.62. The third kappa shape index (κ3) is 2.56. The van der Waals surface area contributed by atoms with Gasteiger partial charge < -0.3 is 10.8 Å². The molecule has 0 amide bonds. The molecule has 2 aromatic heterocycles. The molecule has 5 nitrogen and oxygen atoms in total. The van der Waals surface area contributed by atoms with E-state index in [0.29, 0.717) is 24.9 Å². The van der Waals surface area contributed by atoms with Gasteiger partial charge >= 0.3 is 0 Å². The van der Waals surface area contributed by atoms with E-state index in [1.54, 1.807) is 11.3 Å². The first kappa shape index (κ1) is 12.8. The molecule has 1 aliphatic carbocycles. The number of nitrogen functional groups attached to an aromatic ring is 1. The van der Waals surface area contributed by atoms with E-state index in [1.807, 2.05) is 11.4 Å². The molecule has 6 heteroatoms. The van der Waals surface area contributed by atoms with Crippen molar-refractivity contribution in [2.24, 2.45) is 0 Å². The van der Waals surface area contributed by atoms with Gasteiger partial charge in [-0.25, -0.2) is 9.97 Å². The largest absolute Gasteiger partial charge is 0.395 e. The van der Waals surface area contributed by atoms with Crippen LogP contribution in [0.15, 0.2) is 11.4 Å². The molecule has 0 aromatic carbocycles. The van der Waals surface area contributed by atoms with Crippen molar-refractivity contribution in [1.29, 1.82) is 0 Å². The van der Waals surface area contributed by atoms with Crippen LogP contribution >= 0.6 is 11.3 Å². The van der Waals surface area contributed by atoms with Gasteiger partial charge in [-0.15, -0.1) is 11.3 Å². The molecule has 3 N–H and O–H groups in total. The Bertz CT molecular complexity index is 567. The molecule has 19 heavy (non-hydrogen) atoms. The van der Waals surface area contributed by atoms with Crippen molar-refractivity contribution < 1.29 is 5.11 Å². The van der Waals surface area contributed by atoms with Crippen LogP contribution in [0.1, 0.15) is 25.1 Å². The third-order valence-corrected chi connectivity index (χ3v) is 4.53. The summed E-state index contributed by atoms with van der Waals surface area (Å²) in [6, 6.07) is 2.52. The molecule has 0 unspecified atom stereocenters. The van der Waals surface area contributed by atoms with E-state index in [4.69, 9.17) is 5.73 Å². The lowest BCUT2D eigenvalue weighted by Gasteiger charge is -2.36. The van der Waals surface area contributed by atoms with Crippen LogP contribution < -0.4 is 5.73 Å². The van der Waals surface area contributed by atoms with Crippen LogP contribution in [0.25, 0.3) is 10.2 Å². The van der Waals surface area contributed by atoms with Gasteiger partial charge in [0.15, 0.2) is 0 Å². The zero-order chi connectivity index (χ0) is 13.2. The number of aromatic nitrogens is 2. The molecule has 0 aliphatic heterocycles. The Kier molecular flexibility index (Phi) is 3.63. The molecular weight excluding hydrogens is 260 g/mol. The monoisotopic (exact) mass is 278 g/mol. The SMILES string of the molecule is Nc1nc(CN(CCO)C2CCC2)nc2sccc12. The van der Waals surface area contributed by atoms with Crippen LogP contribution in [0.5, 0.6) is 0 Å². The van der Waals surface area contributed by atoms with Gasteiger partial charge in [-0.1, -0.05) is 6.42 Å². The Labute approximate surface area is 116 Å². The van der Waals surface area contributed by atoms with Gasteiger partial charge in [0.1, 0.15) is 16.5 Å². The average molecular weight is 278 g/mol. The Morgan fingerprint density at radius 2 is 2.26 bits per heavy atom. The number of hydrogen-bond donors (Lipinski definition) is 2. The zero-order valence-corrected chi connectivity index (χ0v) is 11.6. The quantitative estimate of drug-likeness (QED) is 0.869.